The quantitative estimate of drug-likeness (QED) is 0.156. The van der Waals surface area contributed by atoms with Gasteiger partial charge in [0, 0.05) is 60.2 Å². The van der Waals surface area contributed by atoms with E-state index in [0.717, 1.165) is 82.7 Å². The number of para-hydroxylation sites is 2. The predicted octanol–water partition coefficient (Wildman–Crippen LogP) is 15.8. The number of hydrogen-bond donors (Lipinski definition) is 0. The molecule has 0 saturated carbocycles. The van der Waals surface area contributed by atoms with Crippen molar-refractivity contribution in [3.05, 3.63) is 217 Å². The molecule has 0 unspecified atom stereocenters. The molecule has 5 nitrogen and oxygen atoms in total. The van der Waals surface area contributed by atoms with Gasteiger partial charge in [-0.3, -0.25) is 0 Å². The Hall–Kier alpha value is -8.54. The van der Waals surface area contributed by atoms with Crippen LogP contribution in [-0.4, -0.2) is 19.9 Å². The van der Waals surface area contributed by atoms with Crippen LogP contribution in [0.5, 0.6) is 0 Å². The summed E-state index contributed by atoms with van der Waals surface area (Å²) in [6.45, 7) is 4.60. The number of pyridine rings is 1. The Morgan fingerprint density at radius 2 is 0.879 bits per heavy atom. The van der Waals surface area contributed by atoms with Crippen LogP contribution in [0.4, 0.5) is 0 Å². The third-order valence-electron chi connectivity index (χ3n) is 13.5. The van der Waals surface area contributed by atoms with E-state index in [1.807, 2.05) is 24.3 Å². The first-order valence-electron chi connectivity index (χ1n) is 22.5. The highest BCUT2D eigenvalue weighted by molar-refractivity contribution is 6.27. The SMILES string of the molecule is CC1(C)c2ccccc2-c2ccc(-c3nc(-c4ccccc4)nc(-c4ccc(-c5nc6ccccc6c6c(-c7ccc(-c8ccccc8)cc7)c7c(cc56)oc5ccccc57)cc4)n3)cc21. The van der Waals surface area contributed by atoms with Crippen LogP contribution in [0.3, 0.4) is 0 Å². The van der Waals surface area contributed by atoms with Crippen molar-refractivity contribution >= 4 is 43.6 Å². The smallest absolute Gasteiger partial charge is 0.164 e. The topological polar surface area (TPSA) is 64.7 Å². The first-order valence-corrected chi connectivity index (χ1v) is 22.5. The second-order valence-electron chi connectivity index (χ2n) is 17.7. The summed E-state index contributed by atoms with van der Waals surface area (Å²) in [5, 5.41) is 5.43. The van der Waals surface area contributed by atoms with E-state index in [-0.39, 0.29) is 5.41 Å². The molecule has 0 bridgehead atoms. The molecule has 0 spiro atoms. The zero-order valence-corrected chi connectivity index (χ0v) is 36.3. The summed E-state index contributed by atoms with van der Waals surface area (Å²) in [6.07, 6.45) is 0. The van der Waals surface area contributed by atoms with Crippen molar-refractivity contribution in [3.8, 4) is 78.8 Å². The van der Waals surface area contributed by atoms with E-state index in [1.54, 1.807) is 0 Å². The zero-order valence-electron chi connectivity index (χ0n) is 36.3. The summed E-state index contributed by atoms with van der Waals surface area (Å²) in [5.41, 5.74) is 16.9. The molecule has 0 radical (unpaired) electrons. The van der Waals surface area contributed by atoms with E-state index < -0.39 is 0 Å². The van der Waals surface area contributed by atoms with Gasteiger partial charge in [-0.15, -0.1) is 0 Å². The Morgan fingerprint density at radius 1 is 0.348 bits per heavy atom. The monoisotopic (exact) mass is 844 g/mol. The van der Waals surface area contributed by atoms with Crippen molar-refractivity contribution in [2.45, 2.75) is 19.3 Å². The molecule has 3 aromatic heterocycles. The molecule has 1 aliphatic rings. The van der Waals surface area contributed by atoms with Crippen molar-refractivity contribution in [1.82, 2.24) is 19.9 Å². The van der Waals surface area contributed by atoms with Gasteiger partial charge in [0.15, 0.2) is 17.5 Å². The second-order valence-corrected chi connectivity index (χ2v) is 17.7. The highest BCUT2D eigenvalue weighted by Crippen LogP contribution is 2.50. The third kappa shape index (κ3) is 6.01. The molecule has 0 amide bonds. The molecular formula is C61H40N4O. The lowest BCUT2D eigenvalue weighted by molar-refractivity contribution is 0.660. The van der Waals surface area contributed by atoms with E-state index in [9.17, 15) is 0 Å². The lowest BCUT2D eigenvalue weighted by atomic mass is 9.82. The number of aromatic nitrogens is 4. The van der Waals surface area contributed by atoms with Crippen LogP contribution < -0.4 is 0 Å². The molecule has 310 valence electrons. The molecule has 0 saturated heterocycles. The molecule has 0 aliphatic heterocycles. The van der Waals surface area contributed by atoms with E-state index in [0.29, 0.717) is 17.5 Å². The van der Waals surface area contributed by atoms with Crippen LogP contribution in [0.2, 0.25) is 0 Å². The van der Waals surface area contributed by atoms with Gasteiger partial charge < -0.3 is 4.42 Å². The minimum atomic E-state index is -0.152. The molecule has 12 aromatic rings. The molecule has 3 heterocycles. The minimum Gasteiger partial charge on any atom is -0.456 e. The molecule has 1 aliphatic carbocycles. The number of hydrogen-bond acceptors (Lipinski definition) is 5. The lowest BCUT2D eigenvalue weighted by Crippen LogP contribution is -2.15. The summed E-state index contributed by atoms with van der Waals surface area (Å²) in [7, 11) is 0. The van der Waals surface area contributed by atoms with Crippen molar-refractivity contribution in [1.29, 1.82) is 0 Å². The van der Waals surface area contributed by atoms with Gasteiger partial charge in [0.05, 0.1) is 11.2 Å². The van der Waals surface area contributed by atoms with E-state index in [4.69, 9.17) is 24.4 Å². The fourth-order valence-electron chi connectivity index (χ4n) is 10.3. The van der Waals surface area contributed by atoms with Gasteiger partial charge in [-0.2, -0.15) is 0 Å². The summed E-state index contributed by atoms with van der Waals surface area (Å²) < 4.78 is 6.69. The van der Waals surface area contributed by atoms with Gasteiger partial charge in [0.1, 0.15) is 11.2 Å². The lowest BCUT2D eigenvalue weighted by Gasteiger charge is -2.21. The minimum absolute atomic E-state index is 0.152. The van der Waals surface area contributed by atoms with Crippen molar-refractivity contribution in [2.24, 2.45) is 0 Å². The van der Waals surface area contributed by atoms with Gasteiger partial charge in [-0.25, -0.2) is 19.9 Å². The standard InChI is InChI=1S/C61H40N4O/c1-61(2)49-22-12-9-19-44(49)45-34-33-43(35-50(45)61)60-64-58(41-17-7-4-8-18-41)63-59(65-60)42-31-29-40(30-32-42)57-48-36-53-56(47-21-11-14-24-52(47)66-53)54(55(48)46-20-10-13-23-51(46)62-57)39-27-25-38(26-28-39)37-15-5-3-6-16-37/h3-36H,1-2H3. The predicted molar refractivity (Wildman–Crippen MR) is 270 cm³/mol. The number of nitrogens with zero attached hydrogens (tertiary/aromatic N) is 4. The van der Waals surface area contributed by atoms with Crippen molar-refractivity contribution in [2.75, 3.05) is 0 Å². The molecule has 9 aromatic carbocycles. The first kappa shape index (κ1) is 38.0. The van der Waals surface area contributed by atoms with Crippen molar-refractivity contribution < 1.29 is 4.42 Å². The largest absolute Gasteiger partial charge is 0.456 e. The zero-order chi connectivity index (χ0) is 43.9. The van der Waals surface area contributed by atoms with Crippen LogP contribution in [0.15, 0.2) is 211 Å². The molecule has 0 atom stereocenters. The van der Waals surface area contributed by atoms with Gasteiger partial charge in [0.2, 0.25) is 0 Å². The van der Waals surface area contributed by atoms with Gasteiger partial charge in [0.25, 0.3) is 0 Å². The molecule has 5 heteroatoms. The Labute approximate surface area is 381 Å². The average molecular weight is 845 g/mol. The number of furan rings is 1. The van der Waals surface area contributed by atoms with E-state index in [1.165, 1.54) is 33.4 Å². The number of fused-ring (bicyclic) bond motifs is 9. The maximum Gasteiger partial charge on any atom is 0.164 e. The number of rotatable bonds is 6. The summed E-state index contributed by atoms with van der Waals surface area (Å²) in [6, 6.07) is 72.5. The third-order valence-corrected chi connectivity index (χ3v) is 13.5. The van der Waals surface area contributed by atoms with Crippen molar-refractivity contribution in [3.63, 3.8) is 0 Å². The Bertz CT molecular complexity index is 3870. The Balaban J connectivity index is 0.976. The molecule has 66 heavy (non-hydrogen) atoms. The summed E-state index contributed by atoms with van der Waals surface area (Å²) >= 11 is 0. The molecule has 0 N–H and O–H groups in total. The van der Waals surface area contributed by atoms with Gasteiger partial charge >= 0.3 is 0 Å². The average Bonchev–Trinajstić information content (AvgIpc) is 3.87. The summed E-state index contributed by atoms with van der Waals surface area (Å²) in [4.78, 5) is 20.8. The fourth-order valence-corrected chi connectivity index (χ4v) is 10.3. The Morgan fingerprint density at radius 3 is 1.64 bits per heavy atom. The molecule has 0 fully saturated rings. The molecular weight excluding hydrogens is 805 g/mol. The highest BCUT2D eigenvalue weighted by atomic mass is 16.3. The van der Waals surface area contributed by atoms with Gasteiger partial charge in [-0.1, -0.05) is 196 Å². The van der Waals surface area contributed by atoms with Crippen LogP contribution in [0.25, 0.3) is 122 Å². The normalized spacial score (nSPS) is 12.8. The second kappa shape index (κ2) is 14.8. The van der Waals surface area contributed by atoms with Crippen LogP contribution in [0.1, 0.15) is 25.0 Å². The van der Waals surface area contributed by atoms with Crippen LogP contribution in [-0.2, 0) is 5.41 Å². The fraction of sp³-hybridized carbons (Fsp3) is 0.0492. The first-order chi connectivity index (χ1) is 32.5. The maximum atomic E-state index is 6.69. The molecule has 13 rings (SSSR count). The Kier molecular flexibility index (Phi) is 8.49. The summed E-state index contributed by atoms with van der Waals surface area (Å²) in [5.74, 6) is 1.87. The maximum absolute atomic E-state index is 6.69. The van der Waals surface area contributed by atoms with E-state index >= 15 is 0 Å². The van der Waals surface area contributed by atoms with Crippen LogP contribution >= 0.6 is 0 Å². The van der Waals surface area contributed by atoms with Crippen LogP contribution in [0, 0.1) is 0 Å². The van der Waals surface area contributed by atoms with E-state index in [2.05, 4.69) is 196 Å². The highest BCUT2D eigenvalue weighted by Gasteiger charge is 2.35. The number of benzene rings is 9. The van der Waals surface area contributed by atoms with Gasteiger partial charge in [-0.05, 0) is 63.2 Å².